The van der Waals surface area contributed by atoms with E-state index >= 15 is 0 Å². The number of fused-ring (bicyclic) bond motifs is 1. The molecule has 0 amide bonds. The van der Waals surface area contributed by atoms with Gasteiger partial charge in [0, 0.05) is 11.6 Å². The number of rotatable bonds is 0. The van der Waals surface area contributed by atoms with Crippen molar-refractivity contribution in [3.8, 4) is 0 Å². The summed E-state index contributed by atoms with van der Waals surface area (Å²) in [7, 11) is 0. The molecule has 0 aliphatic heterocycles. The highest BCUT2D eigenvalue weighted by Crippen LogP contribution is 2.35. The summed E-state index contributed by atoms with van der Waals surface area (Å²) >= 11 is 1.28. The van der Waals surface area contributed by atoms with E-state index in [4.69, 9.17) is 16.7 Å². The van der Waals surface area contributed by atoms with Crippen LogP contribution in [-0.4, -0.2) is 9.94 Å². The van der Waals surface area contributed by atoms with Crippen LogP contribution < -0.4 is 11.5 Å². The summed E-state index contributed by atoms with van der Waals surface area (Å²) in [5.41, 5.74) is 11.7. The standard InChI is InChI=1S/C6H7N3OS/c7-4-3-1-2-9(10)6(3)11-5(4)8/h1-2,10H,7-8H2. The minimum Gasteiger partial charge on any atom is -0.428 e. The molecule has 5 N–H and O–H groups in total. The fourth-order valence-corrected chi connectivity index (χ4v) is 1.88. The van der Waals surface area contributed by atoms with E-state index in [9.17, 15) is 0 Å². The van der Waals surface area contributed by atoms with Crippen molar-refractivity contribution < 1.29 is 5.21 Å². The van der Waals surface area contributed by atoms with Crippen molar-refractivity contribution in [3.05, 3.63) is 12.3 Å². The lowest BCUT2D eigenvalue weighted by Gasteiger charge is -1.86. The van der Waals surface area contributed by atoms with Crippen LogP contribution >= 0.6 is 11.3 Å². The summed E-state index contributed by atoms with van der Waals surface area (Å²) in [6.45, 7) is 0. The van der Waals surface area contributed by atoms with Crippen molar-refractivity contribution >= 4 is 32.2 Å². The number of nitrogens with two attached hydrogens (primary N) is 2. The third-order valence-electron chi connectivity index (χ3n) is 1.58. The molecule has 0 bridgehead atoms. The SMILES string of the molecule is Nc1sc2c(ccn2O)c1N. The molecule has 0 aliphatic rings. The maximum atomic E-state index is 9.16. The average molecular weight is 169 g/mol. The normalized spacial score (nSPS) is 10.9. The molecule has 0 aromatic carbocycles. The van der Waals surface area contributed by atoms with Crippen molar-refractivity contribution in [2.45, 2.75) is 0 Å². The molecule has 0 radical (unpaired) electrons. The topological polar surface area (TPSA) is 77.2 Å². The molecule has 2 heterocycles. The molecular weight excluding hydrogens is 162 g/mol. The summed E-state index contributed by atoms with van der Waals surface area (Å²) in [5, 5.41) is 10.5. The fraction of sp³-hybridized carbons (Fsp3) is 0. The van der Waals surface area contributed by atoms with Gasteiger partial charge in [-0.2, -0.15) is 4.73 Å². The van der Waals surface area contributed by atoms with Crippen LogP contribution in [0.25, 0.3) is 10.2 Å². The van der Waals surface area contributed by atoms with E-state index in [1.54, 1.807) is 6.07 Å². The Morgan fingerprint density at radius 2 is 2.18 bits per heavy atom. The summed E-state index contributed by atoms with van der Waals surface area (Å²) < 4.78 is 1.02. The van der Waals surface area contributed by atoms with E-state index in [1.807, 2.05) is 0 Å². The summed E-state index contributed by atoms with van der Waals surface area (Å²) in [6.07, 6.45) is 1.54. The van der Waals surface area contributed by atoms with E-state index in [0.29, 0.717) is 15.5 Å². The Morgan fingerprint density at radius 3 is 2.82 bits per heavy atom. The first-order valence-electron chi connectivity index (χ1n) is 3.04. The molecule has 0 spiro atoms. The third kappa shape index (κ3) is 0.682. The Balaban J connectivity index is 2.93. The van der Waals surface area contributed by atoms with Gasteiger partial charge in [-0.05, 0) is 6.07 Å². The maximum Gasteiger partial charge on any atom is 0.143 e. The Kier molecular flexibility index (Phi) is 1.05. The molecule has 0 fully saturated rings. The second kappa shape index (κ2) is 1.82. The molecular formula is C6H7N3OS. The number of hydrogen-bond donors (Lipinski definition) is 3. The molecule has 58 valence electrons. The minimum absolute atomic E-state index is 0.554. The van der Waals surface area contributed by atoms with Gasteiger partial charge in [-0.1, -0.05) is 11.3 Å². The van der Waals surface area contributed by atoms with E-state index in [1.165, 1.54) is 17.5 Å². The largest absolute Gasteiger partial charge is 0.428 e. The third-order valence-corrected chi connectivity index (χ3v) is 2.62. The first-order chi connectivity index (χ1) is 5.20. The average Bonchev–Trinajstić information content (AvgIpc) is 2.43. The van der Waals surface area contributed by atoms with Gasteiger partial charge in [0.15, 0.2) is 0 Å². The van der Waals surface area contributed by atoms with Crippen LogP contribution in [0.5, 0.6) is 0 Å². The first-order valence-corrected chi connectivity index (χ1v) is 3.86. The van der Waals surface area contributed by atoms with Crippen molar-refractivity contribution in [3.63, 3.8) is 0 Å². The molecule has 2 aromatic rings. The van der Waals surface area contributed by atoms with Crippen LogP contribution in [0.15, 0.2) is 12.3 Å². The Labute approximate surface area is 66.6 Å². The van der Waals surface area contributed by atoms with Gasteiger partial charge in [0.05, 0.1) is 5.69 Å². The summed E-state index contributed by atoms with van der Waals surface area (Å²) in [5.74, 6) is 0. The van der Waals surface area contributed by atoms with Crippen molar-refractivity contribution in [2.75, 3.05) is 11.5 Å². The smallest absolute Gasteiger partial charge is 0.143 e. The molecule has 0 saturated carbocycles. The number of nitrogen functional groups attached to an aromatic ring is 2. The summed E-state index contributed by atoms with van der Waals surface area (Å²) in [6, 6.07) is 1.73. The Hall–Kier alpha value is -1.36. The highest BCUT2D eigenvalue weighted by atomic mass is 32.1. The molecule has 2 rings (SSSR count). The number of anilines is 2. The van der Waals surface area contributed by atoms with Gasteiger partial charge in [-0.15, -0.1) is 0 Å². The van der Waals surface area contributed by atoms with Crippen LogP contribution in [-0.2, 0) is 0 Å². The lowest BCUT2D eigenvalue weighted by atomic mass is 10.3. The second-order valence-electron chi connectivity index (χ2n) is 2.26. The van der Waals surface area contributed by atoms with E-state index < -0.39 is 0 Å². The van der Waals surface area contributed by atoms with Gasteiger partial charge in [-0.3, -0.25) is 0 Å². The van der Waals surface area contributed by atoms with Gasteiger partial charge in [0.1, 0.15) is 9.83 Å². The van der Waals surface area contributed by atoms with Gasteiger partial charge in [0.2, 0.25) is 0 Å². The van der Waals surface area contributed by atoms with Gasteiger partial charge in [0.25, 0.3) is 0 Å². The number of hydrogen-bond acceptors (Lipinski definition) is 4. The van der Waals surface area contributed by atoms with E-state index in [2.05, 4.69) is 0 Å². The molecule has 0 saturated heterocycles. The van der Waals surface area contributed by atoms with Gasteiger partial charge < -0.3 is 16.7 Å². The quantitative estimate of drug-likeness (QED) is 0.517. The van der Waals surface area contributed by atoms with Crippen LogP contribution in [0.1, 0.15) is 0 Å². The van der Waals surface area contributed by atoms with E-state index in [-0.39, 0.29) is 0 Å². The van der Waals surface area contributed by atoms with Crippen molar-refractivity contribution in [2.24, 2.45) is 0 Å². The number of aromatic nitrogens is 1. The van der Waals surface area contributed by atoms with Gasteiger partial charge in [-0.25, -0.2) is 0 Å². The van der Waals surface area contributed by atoms with Gasteiger partial charge >= 0.3 is 0 Å². The number of nitrogens with zero attached hydrogens (tertiary/aromatic N) is 1. The second-order valence-corrected chi connectivity index (χ2v) is 3.29. The van der Waals surface area contributed by atoms with Crippen LogP contribution in [0.2, 0.25) is 0 Å². The molecule has 5 heteroatoms. The highest BCUT2D eigenvalue weighted by molar-refractivity contribution is 7.23. The highest BCUT2D eigenvalue weighted by Gasteiger charge is 2.09. The maximum absolute atomic E-state index is 9.16. The lowest BCUT2D eigenvalue weighted by molar-refractivity contribution is 0.201. The molecule has 0 atom stereocenters. The molecule has 0 aliphatic carbocycles. The first kappa shape index (κ1) is 6.36. The van der Waals surface area contributed by atoms with Crippen molar-refractivity contribution in [1.82, 2.24) is 4.73 Å². The monoisotopic (exact) mass is 169 g/mol. The zero-order chi connectivity index (χ0) is 8.01. The molecule has 0 unspecified atom stereocenters. The molecule has 4 nitrogen and oxygen atoms in total. The zero-order valence-electron chi connectivity index (χ0n) is 5.61. The zero-order valence-corrected chi connectivity index (χ0v) is 6.43. The summed E-state index contributed by atoms with van der Waals surface area (Å²) in [4.78, 5) is 0.694. The number of thiophene rings is 1. The minimum atomic E-state index is 0.554. The predicted octanol–water partition coefficient (Wildman–Crippen LogP) is 1.10. The molecule has 11 heavy (non-hydrogen) atoms. The van der Waals surface area contributed by atoms with E-state index in [0.717, 1.165) is 10.1 Å². The Bertz CT molecular complexity index is 403. The fourth-order valence-electron chi connectivity index (χ4n) is 1.01. The van der Waals surface area contributed by atoms with Crippen LogP contribution in [0.4, 0.5) is 10.7 Å². The Morgan fingerprint density at radius 1 is 1.45 bits per heavy atom. The van der Waals surface area contributed by atoms with Crippen LogP contribution in [0.3, 0.4) is 0 Å². The molecule has 2 aromatic heterocycles. The lowest BCUT2D eigenvalue weighted by Crippen LogP contribution is -1.87. The van der Waals surface area contributed by atoms with Crippen LogP contribution in [0, 0.1) is 0 Å². The predicted molar refractivity (Wildman–Crippen MR) is 45.8 cm³/mol. The van der Waals surface area contributed by atoms with Crippen molar-refractivity contribution in [1.29, 1.82) is 0 Å².